The van der Waals surface area contributed by atoms with Gasteiger partial charge in [0.2, 0.25) is 0 Å². The summed E-state index contributed by atoms with van der Waals surface area (Å²) in [7, 11) is 0. The smallest absolute Gasteiger partial charge is 0.0619 e. The van der Waals surface area contributed by atoms with Gasteiger partial charge in [0.1, 0.15) is 0 Å². The number of benzene rings is 6. The third-order valence-electron chi connectivity index (χ3n) is 11.2. The molecule has 0 atom stereocenters. The molecule has 3 aliphatic rings. The molecule has 0 unspecified atom stereocenters. The van der Waals surface area contributed by atoms with Crippen molar-refractivity contribution in [3.63, 3.8) is 0 Å². The average Bonchev–Trinajstić information content (AvgIpc) is 3.30. The van der Waals surface area contributed by atoms with Crippen molar-refractivity contribution in [2.45, 2.75) is 58.3 Å². The van der Waals surface area contributed by atoms with Gasteiger partial charge in [-0.15, -0.1) is 0 Å². The number of allylic oxidation sites excluding steroid dienone is 4. The minimum Gasteiger partial charge on any atom is -0.309 e. The van der Waals surface area contributed by atoms with Crippen molar-refractivity contribution in [3.05, 3.63) is 155 Å². The van der Waals surface area contributed by atoms with Crippen LogP contribution in [0.3, 0.4) is 0 Å². The van der Waals surface area contributed by atoms with Crippen molar-refractivity contribution in [3.8, 4) is 11.1 Å². The first-order valence-electron chi connectivity index (χ1n) is 16.8. The molecular weight excluding hydrogens is 555 g/mol. The summed E-state index contributed by atoms with van der Waals surface area (Å²) >= 11 is 0. The molecule has 6 aromatic carbocycles. The number of hydrogen-bond acceptors (Lipinski definition) is 1. The molecule has 1 aliphatic heterocycles. The van der Waals surface area contributed by atoms with Crippen molar-refractivity contribution >= 4 is 44.2 Å². The number of nitrogens with zero attached hydrogens (tertiary/aromatic N) is 1. The van der Waals surface area contributed by atoms with Gasteiger partial charge in [0.05, 0.1) is 17.1 Å². The van der Waals surface area contributed by atoms with E-state index < -0.39 is 0 Å². The zero-order valence-corrected chi connectivity index (χ0v) is 27.4. The van der Waals surface area contributed by atoms with Gasteiger partial charge >= 0.3 is 0 Å². The Bertz CT molecular complexity index is 2280. The van der Waals surface area contributed by atoms with Crippen LogP contribution in [0.4, 0.5) is 17.1 Å². The Balaban J connectivity index is 1.38. The van der Waals surface area contributed by atoms with Crippen molar-refractivity contribution < 1.29 is 0 Å². The molecule has 0 bridgehead atoms. The second-order valence-corrected chi connectivity index (χ2v) is 14.5. The lowest BCUT2D eigenvalue weighted by atomic mass is 9.73. The highest BCUT2D eigenvalue weighted by molar-refractivity contribution is 6.23. The van der Waals surface area contributed by atoms with Crippen LogP contribution in [0.15, 0.2) is 127 Å². The molecule has 0 saturated carbocycles. The van der Waals surface area contributed by atoms with E-state index in [1.807, 2.05) is 0 Å². The maximum Gasteiger partial charge on any atom is 0.0619 e. The summed E-state index contributed by atoms with van der Waals surface area (Å²) in [6.45, 7) is 11.7. The fourth-order valence-corrected chi connectivity index (χ4v) is 8.90. The van der Waals surface area contributed by atoms with Crippen LogP contribution in [0, 0.1) is 6.92 Å². The summed E-state index contributed by atoms with van der Waals surface area (Å²) in [6.07, 6.45) is 6.98. The minimum atomic E-state index is -0.105. The molecule has 0 radical (unpaired) electrons. The Morgan fingerprint density at radius 3 is 1.98 bits per heavy atom. The maximum absolute atomic E-state index is 2.55. The first kappa shape index (κ1) is 27.4. The Morgan fingerprint density at radius 1 is 0.587 bits per heavy atom. The van der Waals surface area contributed by atoms with E-state index >= 15 is 0 Å². The molecule has 1 nitrogen and oxygen atoms in total. The van der Waals surface area contributed by atoms with Crippen LogP contribution < -0.4 is 4.90 Å². The molecule has 0 aromatic heterocycles. The summed E-state index contributed by atoms with van der Waals surface area (Å²) in [4.78, 5) is 2.55. The summed E-state index contributed by atoms with van der Waals surface area (Å²) < 4.78 is 0. The highest BCUT2D eigenvalue weighted by atomic mass is 15.2. The predicted molar refractivity (Wildman–Crippen MR) is 197 cm³/mol. The number of aryl methyl sites for hydroxylation is 1. The fourth-order valence-electron chi connectivity index (χ4n) is 8.90. The van der Waals surface area contributed by atoms with Crippen molar-refractivity contribution in [2.24, 2.45) is 0 Å². The first-order chi connectivity index (χ1) is 22.3. The standard InChI is InChI=1S/C45H39N/c1-28-22-24-33-35(26-28)42(29-23-25-37-34(27-29)30-14-8-9-17-36(30)44(37,2)3)31-15-6-7-16-32(31)43(33)46-40-20-12-10-18-38(40)45(4,5)39-19-11-13-21-41(39)46/h6-7,9-13,15-27H,8,14H2,1-5H3. The van der Waals surface area contributed by atoms with E-state index in [1.165, 1.54) is 88.7 Å². The molecule has 0 saturated heterocycles. The van der Waals surface area contributed by atoms with Crippen LogP contribution in [0.5, 0.6) is 0 Å². The predicted octanol–water partition coefficient (Wildman–Crippen LogP) is 12.5. The number of para-hydroxylation sites is 2. The van der Waals surface area contributed by atoms with Crippen LogP contribution in [0.2, 0.25) is 0 Å². The molecule has 0 fully saturated rings. The summed E-state index contributed by atoms with van der Waals surface area (Å²) in [5.74, 6) is 0. The van der Waals surface area contributed by atoms with Crippen LogP contribution >= 0.6 is 0 Å². The molecule has 0 spiro atoms. The second kappa shape index (κ2) is 9.56. The van der Waals surface area contributed by atoms with E-state index in [4.69, 9.17) is 0 Å². The lowest BCUT2D eigenvalue weighted by Gasteiger charge is -2.42. The highest BCUT2D eigenvalue weighted by Gasteiger charge is 2.39. The van der Waals surface area contributed by atoms with Crippen molar-refractivity contribution in [1.82, 2.24) is 0 Å². The number of rotatable bonds is 2. The third-order valence-corrected chi connectivity index (χ3v) is 11.2. The second-order valence-electron chi connectivity index (χ2n) is 14.5. The van der Waals surface area contributed by atoms with E-state index in [-0.39, 0.29) is 10.8 Å². The molecule has 224 valence electrons. The molecule has 9 rings (SSSR count). The Labute approximate surface area is 272 Å². The fraction of sp³-hybridized carbons (Fsp3) is 0.200. The summed E-state index contributed by atoms with van der Waals surface area (Å²) in [5.41, 5.74) is 16.3. The van der Waals surface area contributed by atoms with Gasteiger partial charge in [-0.2, -0.15) is 0 Å². The summed E-state index contributed by atoms with van der Waals surface area (Å²) in [6, 6.07) is 41.5. The molecule has 1 heterocycles. The quantitative estimate of drug-likeness (QED) is 0.181. The van der Waals surface area contributed by atoms with Crippen molar-refractivity contribution in [1.29, 1.82) is 0 Å². The van der Waals surface area contributed by atoms with Crippen LogP contribution in [-0.2, 0) is 10.8 Å². The van der Waals surface area contributed by atoms with Gasteiger partial charge in [0.25, 0.3) is 0 Å². The van der Waals surface area contributed by atoms with Gasteiger partial charge in [-0.05, 0) is 93.3 Å². The van der Waals surface area contributed by atoms with Crippen LogP contribution in [0.1, 0.15) is 68.4 Å². The number of anilines is 3. The van der Waals surface area contributed by atoms with Crippen molar-refractivity contribution in [2.75, 3.05) is 4.90 Å². The van der Waals surface area contributed by atoms with Gasteiger partial charge in [-0.1, -0.05) is 136 Å². The average molecular weight is 594 g/mol. The van der Waals surface area contributed by atoms with E-state index in [0.29, 0.717) is 0 Å². The monoisotopic (exact) mass is 593 g/mol. The zero-order chi connectivity index (χ0) is 31.4. The summed E-state index contributed by atoms with van der Waals surface area (Å²) in [5, 5.41) is 5.17. The maximum atomic E-state index is 2.55. The molecule has 6 aromatic rings. The molecule has 2 aliphatic carbocycles. The Morgan fingerprint density at radius 2 is 1.24 bits per heavy atom. The van der Waals surface area contributed by atoms with Crippen LogP contribution in [0.25, 0.3) is 38.2 Å². The van der Waals surface area contributed by atoms with Crippen LogP contribution in [-0.4, -0.2) is 0 Å². The number of hydrogen-bond donors (Lipinski definition) is 0. The third kappa shape index (κ3) is 3.63. The molecule has 46 heavy (non-hydrogen) atoms. The zero-order valence-electron chi connectivity index (χ0n) is 27.4. The van der Waals surface area contributed by atoms with E-state index in [0.717, 1.165) is 12.8 Å². The topological polar surface area (TPSA) is 3.24 Å². The van der Waals surface area contributed by atoms with Gasteiger partial charge in [-0.25, -0.2) is 0 Å². The molecule has 0 N–H and O–H groups in total. The normalized spacial score (nSPS) is 17.2. The van der Waals surface area contributed by atoms with E-state index in [9.17, 15) is 0 Å². The number of fused-ring (bicyclic) bond motifs is 6. The Kier molecular flexibility index (Phi) is 5.70. The molecule has 0 amide bonds. The largest absolute Gasteiger partial charge is 0.309 e. The SMILES string of the molecule is Cc1ccc2c(N3c4ccccc4C(C)(C)c4ccccc43)c3ccccc3c(-c3ccc4c(c3)C3=C(C=CCC3)C4(C)C)c2c1. The first-order valence-corrected chi connectivity index (χ1v) is 16.8. The van der Waals surface area contributed by atoms with E-state index in [1.54, 1.807) is 0 Å². The van der Waals surface area contributed by atoms with Gasteiger partial charge in [0, 0.05) is 21.6 Å². The highest BCUT2D eigenvalue weighted by Crippen LogP contribution is 2.56. The minimum absolute atomic E-state index is 0.0352. The molecule has 1 heteroatoms. The lowest BCUT2D eigenvalue weighted by Crippen LogP contribution is -2.30. The van der Waals surface area contributed by atoms with Gasteiger partial charge in [0.15, 0.2) is 0 Å². The van der Waals surface area contributed by atoms with Gasteiger partial charge < -0.3 is 4.90 Å². The molecular formula is C45H39N. The Hall–Kier alpha value is -4.88. The lowest BCUT2D eigenvalue weighted by molar-refractivity contribution is 0.632. The van der Waals surface area contributed by atoms with E-state index in [2.05, 4.69) is 161 Å². The van der Waals surface area contributed by atoms with Gasteiger partial charge in [-0.3, -0.25) is 0 Å².